The highest BCUT2D eigenvalue weighted by molar-refractivity contribution is 7.75. The third kappa shape index (κ3) is 1.76. The minimum Gasteiger partial charge on any atom is -0.327 e. The highest BCUT2D eigenvalue weighted by atomic mass is 31.2. The average Bonchev–Trinajstić information content (AvgIpc) is 1.67. The Kier molecular flexibility index (Phi) is 2.38. The fourth-order valence-corrected chi connectivity index (χ4v) is 0.386. The molecule has 4 heteroatoms. The van der Waals surface area contributed by atoms with Crippen LogP contribution in [0.2, 0.25) is 0 Å². The highest BCUT2D eigenvalue weighted by Gasteiger charge is 2.19. The van der Waals surface area contributed by atoms with Gasteiger partial charge in [-0.1, -0.05) is 0 Å². The van der Waals surface area contributed by atoms with Crippen LogP contribution in [-0.2, 0) is 13.9 Å². The fraction of sp³-hybridized carbons (Fsp3) is 0.750. The van der Waals surface area contributed by atoms with Crippen molar-refractivity contribution in [1.29, 1.82) is 0 Å². The minimum absolute atomic E-state index is 0.389. The van der Waals surface area contributed by atoms with E-state index in [0.717, 1.165) is 0 Å². The Hall–Kier alpha value is -0.140. The summed E-state index contributed by atoms with van der Waals surface area (Å²) in [6.45, 7) is 2.56. The molecule has 0 rings (SSSR count). The molecule has 1 unspecified atom stereocenters. The van der Waals surface area contributed by atoms with Gasteiger partial charge >= 0.3 is 0 Å². The minimum atomic E-state index is -2.88. The summed E-state index contributed by atoms with van der Waals surface area (Å²) in [6, 6.07) is 0. The van der Waals surface area contributed by atoms with Gasteiger partial charge in [0, 0.05) is 20.7 Å². The third-order valence-electron chi connectivity index (χ3n) is 0.920. The van der Waals surface area contributed by atoms with Crippen molar-refractivity contribution < 1.29 is 13.9 Å². The molecular weight excluding hydrogens is 127 g/mol. The maximum absolute atomic E-state index is 10.7. The Balaban J connectivity index is 4.15. The van der Waals surface area contributed by atoms with Crippen molar-refractivity contribution in [2.45, 2.75) is 6.92 Å². The standard InChI is InChI=1S/C4H9O3P/c1-4(5)8(3,6)7-2/h1-3H3. The van der Waals surface area contributed by atoms with Gasteiger partial charge in [-0.15, -0.1) is 0 Å². The predicted octanol–water partition coefficient (Wildman–Crippen LogP) is 1.09. The molecule has 0 aromatic heterocycles. The highest BCUT2D eigenvalue weighted by Crippen LogP contribution is 2.41. The van der Waals surface area contributed by atoms with Crippen molar-refractivity contribution in [2.24, 2.45) is 0 Å². The molecule has 0 aromatic rings. The molecule has 0 radical (unpaired) electrons. The van der Waals surface area contributed by atoms with Gasteiger partial charge in [0.25, 0.3) is 7.37 Å². The Morgan fingerprint density at radius 2 is 2.00 bits per heavy atom. The Bertz CT molecular complexity index is 140. The molecule has 48 valence electrons. The second-order valence-corrected chi connectivity index (χ2v) is 4.23. The molecule has 0 N–H and O–H groups in total. The van der Waals surface area contributed by atoms with Crippen LogP contribution in [0.1, 0.15) is 6.92 Å². The van der Waals surface area contributed by atoms with Gasteiger partial charge in [0.1, 0.15) is 0 Å². The second kappa shape index (κ2) is 2.42. The Labute approximate surface area is 48.5 Å². The first-order valence-electron chi connectivity index (χ1n) is 2.15. The molecular formula is C4H9O3P. The third-order valence-corrected chi connectivity index (χ3v) is 2.76. The molecule has 0 fully saturated rings. The molecule has 0 saturated heterocycles. The van der Waals surface area contributed by atoms with Gasteiger partial charge in [0.2, 0.25) is 5.52 Å². The van der Waals surface area contributed by atoms with Gasteiger partial charge < -0.3 is 4.52 Å². The van der Waals surface area contributed by atoms with Crippen LogP contribution < -0.4 is 0 Å². The van der Waals surface area contributed by atoms with Gasteiger partial charge in [-0.3, -0.25) is 9.36 Å². The number of hydrogen-bond donors (Lipinski definition) is 0. The summed E-state index contributed by atoms with van der Waals surface area (Å²) in [5.41, 5.74) is -0.389. The number of hydrogen-bond acceptors (Lipinski definition) is 3. The van der Waals surface area contributed by atoms with Crippen molar-refractivity contribution in [1.82, 2.24) is 0 Å². The summed E-state index contributed by atoms with van der Waals surface area (Å²) in [4.78, 5) is 10.3. The van der Waals surface area contributed by atoms with E-state index in [1.54, 1.807) is 0 Å². The van der Waals surface area contributed by atoms with E-state index in [-0.39, 0.29) is 5.52 Å². The van der Waals surface area contributed by atoms with Crippen LogP contribution in [0.25, 0.3) is 0 Å². The van der Waals surface area contributed by atoms with E-state index in [2.05, 4.69) is 4.52 Å². The molecule has 0 aliphatic carbocycles. The molecule has 0 spiro atoms. The first kappa shape index (κ1) is 7.86. The largest absolute Gasteiger partial charge is 0.327 e. The van der Waals surface area contributed by atoms with Crippen LogP contribution in [0, 0.1) is 0 Å². The topological polar surface area (TPSA) is 43.4 Å². The SMILES string of the molecule is COP(C)(=O)C(C)=O. The molecule has 0 aliphatic rings. The summed E-state index contributed by atoms with van der Waals surface area (Å²) < 4.78 is 15.1. The zero-order valence-corrected chi connectivity index (χ0v) is 6.07. The lowest BCUT2D eigenvalue weighted by molar-refractivity contribution is -0.110. The lowest BCUT2D eigenvalue weighted by atomic mass is 10.9. The molecule has 8 heavy (non-hydrogen) atoms. The Morgan fingerprint density at radius 3 is 2.00 bits per heavy atom. The van der Waals surface area contributed by atoms with Crippen LogP contribution in [0.4, 0.5) is 0 Å². The van der Waals surface area contributed by atoms with Crippen molar-refractivity contribution in [3.63, 3.8) is 0 Å². The van der Waals surface area contributed by atoms with Crippen molar-refractivity contribution >= 4 is 12.9 Å². The quantitative estimate of drug-likeness (QED) is 0.533. The van der Waals surface area contributed by atoms with Crippen LogP contribution in [0.5, 0.6) is 0 Å². The summed E-state index contributed by atoms with van der Waals surface area (Å²) in [6.07, 6.45) is 0. The summed E-state index contributed by atoms with van der Waals surface area (Å²) in [5, 5.41) is 0. The zero-order chi connectivity index (χ0) is 6.78. The molecule has 0 aromatic carbocycles. The van der Waals surface area contributed by atoms with Gasteiger partial charge in [0.15, 0.2) is 0 Å². The molecule has 1 atom stereocenters. The average molecular weight is 136 g/mol. The number of rotatable bonds is 2. The monoisotopic (exact) mass is 136 g/mol. The lowest BCUT2D eigenvalue weighted by Gasteiger charge is -2.02. The van der Waals surface area contributed by atoms with Crippen LogP contribution >= 0.6 is 7.37 Å². The van der Waals surface area contributed by atoms with Crippen LogP contribution in [-0.4, -0.2) is 19.3 Å². The van der Waals surface area contributed by atoms with Crippen molar-refractivity contribution in [3.05, 3.63) is 0 Å². The molecule has 3 nitrogen and oxygen atoms in total. The van der Waals surface area contributed by atoms with E-state index in [4.69, 9.17) is 0 Å². The molecule has 0 aliphatic heterocycles. The summed E-state index contributed by atoms with van der Waals surface area (Å²) in [7, 11) is -1.62. The maximum atomic E-state index is 10.7. The van der Waals surface area contributed by atoms with Gasteiger partial charge in [0.05, 0.1) is 0 Å². The summed E-state index contributed by atoms with van der Waals surface area (Å²) >= 11 is 0. The van der Waals surface area contributed by atoms with Crippen LogP contribution in [0.3, 0.4) is 0 Å². The molecule has 0 amide bonds. The van der Waals surface area contributed by atoms with E-state index in [1.165, 1.54) is 20.7 Å². The van der Waals surface area contributed by atoms with Gasteiger partial charge in [-0.2, -0.15) is 0 Å². The first-order valence-corrected chi connectivity index (χ1v) is 4.22. The van der Waals surface area contributed by atoms with Gasteiger partial charge in [-0.25, -0.2) is 0 Å². The normalized spacial score (nSPS) is 17.4. The summed E-state index contributed by atoms with van der Waals surface area (Å²) in [5.74, 6) is 0. The lowest BCUT2D eigenvalue weighted by Crippen LogP contribution is -1.92. The number of carbonyl (C=O) groups excluding carboxylic acids is 1. The number of carbonyl (C=O) groups is 1. The molecule has 0 bridgehead atoms. The Morgan fingerprint density at radius 1 is 1.62 bits per heavy atom. The zero-order valence-electron chi connectivity index (χ0n) is 5.17. The smallest absolute Gasteiger partial charge is 0.263 e. The predicted molar refractivity (Wildman–Crippen MR) is 31.2 cm³/mol. The van der Waals surface area contributed by atoms with E-state index in [0.29, 0.717) is 0 Å². The molecule has 0 saturated carbocycles. The molecule has 0 heterocycles. The van der Waals surface area contributed by atoms with Crippen molar-refractivity contribution in [2.75, 3.05) is 13.8 Å². The van der Waals surface area contributed by atoms with E-state index in [1.807, 2.05) is 0 Å². The van der Waals surface area contributed by atoms with Crippen molar-refractivity contribution in [3.8, 4) is 0 Å². The van der Waals surface area contributed by atoms with E-state index in [9.17, 15) is 9.36 Å². The van der Waals surface area contributed by atoms with Crippen LogP contribution in [0.15, 0.2) is 0 Å². The van der Waals surface area contributed by atoms with E-state index >= 15 is 0 Å². The fourth-order valence-electron chi connectivity index (χ4n) is 0.129. The second-order valence-electron chi connectivity index (χ2n) is 1.55. The maximum Gasteiger partial charge on any atom is 0.263 e. The first-order chi connectivity index (χ1) is 3.50. The van der Waals surface area contributed by atoms with Gasteiger partial charge in [-0.05, 0) is 0 Å². The van der Waals surface area contributed by atoms with E-state index < -0.39 is 7.37 Å².